The molecule has 47 heavy (non-hydrogen) atoms. The van der Waals surface area contributed by atoms with Crippen molar-refractivity contribution in [2.45, 2.75) is 56.7 Å². The Balaban J connectivity index is 1.43. The van der Waals surface area contributed by atoms with Crippen molar-refractivity contribution in [3.63, 3.8) is 0 Å². The smallest absolute Gasteiger partial charge is 0.408 e. The van der Waals surface area contributed by atoms with Gasteiger partial charge in [-0.05, 0) is 61.4 Å². The molecular formula is C37H37N3O6S. The van der Waals surface area contributed by atoms with Crippen LogP contribution in [0.3, 0.4) is 0 Å². The zero-order chi connectivity index (χ0) is 33.1. The number of nitrogens with one attached hydrogen (secondary N) is 2. The second-order valence-corrected chi connectivity index (χ2v) is 13.7. The Labute approximate surface area is 278 Å². The summed E-state index contributed by atoms with van der Waals surface area (Å²) in [7, 11) is 0. The van der Waals surface area contributed by atoms with Crippen LogP contribution >= 0.6 is 11.8 Å². The van der Waals surface area contributed by atoms with Gasteiger partial charge in [-0.1, -0.05) is 91.0 Å². The molecule has 2 fully saturated rings. The van der Waals surface area contributed by atoms with Crippen molar-refractivity contribution >= 4 is 35.6 Å². The molecule has 0 spiro atoms. The van der Waals surface area contributed by atoms with Crippen molar-refractivity contribution in [2.75, 3.05) is 12.3 Å². The molecular weight excluding hydrogens is 614 g/mol. The first-order valence-corrected chi connectivity index (χ1v) is 16.7. The summed E-state index contributed by atoms with van der Waals surface area (Å²) in [5.41, 5.74) is 3.73. The first-order chi connectivity index (χ1) is 22.6. The highest BCUT2D eigenvalue weighted by Gasteiger charge is 2.55. The van der Waals surface area contributed by atoms with Crippen LogP contribution in [0.1, 0.15) is 50.0 Å². The van der Waals surface area contributed by atoms with Crippen LogP contribution in [0, 0.1) is 0 Å². The van der Waals surface area contributed by atoms with Crippen LogP contribution in [0.5, 0.6) is 0 Å². The molecule has 3 aromatic carbocycles. The second-order valence-electron chi connectivity index (χ2n) is 12.6. The Morgan fingerprint density at radius 3 is 2.09 bits per heavy atom. The van der Waals surface area contributed by atoms with Gasteiger partial charge in [-0.3, -0.25) is 14.5 Å². The Morgan fingerprint density at radius 2 is 1.53 bits per heavy atom. The monoisotopic (exact) mass is 651 g/mol. The molecule has 2 N–H and O–H groups in total. The van der Waals surface area contributed by atoms with Gasteiger partial charge in [0.1, 0.15) is 22.7 Å². The van der Waals surface area contributed by atoms with Crippen LogP contribution in [0.2, 0.25) is 0 Å². The number of allylic oxidation sites excluding steroid dienone is 1. The lowest BCUT2D eigenvalue weighted by Gasteiger charge is -2.50. The Hall–Kier alpha value is -4.83. The number of thioether (sulfide) groups is 1. The van der Waals surface area contributed by atoms with Crippen LogP contribution in [-0.2, 0) is 30.3 Å². The third-order valence-electron chi connectivity index (χ3n) is 8.15. The maximum atomic E-state index is 14.6. The molecule has 0 saturated carbocycles. The predicted octanol–water partition coefficient (Wildman–Crippen LogP) is 5.44. The summed E-state index contributed by atoms with van der Waals surface area (Å²) >= 11 is 1.43. The van der Waals surface area contributed by atoms with Gasteiger partial charge in [0.25, 0.3) is 5.91 Å². The lowest BCUT2D eigenvalue weighted by atomic mass is 9.90. The highest BCUT2D eigenvalue weighted by atomic mass is 32.2. The molecule has 10 heteroatoms. The van der Waals surface area contributed by atoms with Crippen molar-refractivity contribution in [2.24, 2.45) is 0 Å². The molecule has 9 nitrogen and oxygen atoms in total. The number of ether oxygens (including phenoxy) is 2. The van der Waals surface area contributed by atoms with Crippen LogP contribution in [-0.4, -0.2) is 58.1 Å². The van der Waals surface area contributed by atoms with E-state index in [0.717, 1.165) is 16.7 Å². The summed E-state index contributed by atoms with van der Waals surface area (Å²) in [6, 6.07) is 27.7. The van der Waals surface area contributed by atoms with E-state index in [0.29, 0.717) is 41.9 Å². The standard InChI is InChI=1S/C37H37N3O6S/c1-37(2,3)46-36(44)39-29-33(42)40-30(35(43)45-31(24-15-9-5-10-16-24)25-17-11-6-12-18-25)28(22-47-34(29)40)27(26-19-20-38-32(26)41)21-23-13-7-4-8-14-23/h4-18,29,31,34H,19-22H2,1-3H3,(H,38,41)(H,39,44)/t29-,34-/m1/s1. The molecule has 6 rings (SSSR count). The number of carbonyl (C=O) groups excluding carboxylic acids is 4. The molecule has 0 aliphatic carbocycles. The maximum Gasteiger partial charge on any atom is 0.408 e. The number of hydrogen-bond acceptors (Lipinski definition) is 7. The third kappa shape index (κ3) is 6.97. The highest BCUT2D eigenvalue weighted by molar-refractivity contribution is 8.00. The van der Waals surface area contributed by atoms with Crippen LogP contribution in [0.15, 0.2) is 113 Å². The number of β-lactam (4-membered cyclic amide) rings is 1. The number of esters is 1. The van der Waals surface area contributed by atoms with Gasteiger partial charge in [0.2, 0.25) is 5.91 Å². The molecule has 0 bridgehead atoms. The number of amides is 3. The van der Waals surface area contributed by atoms with Crippen molar-refractivity contribution in [1.29, 1.82) is 0 Å². The normalized spacial score (nSPS) is 20.3. The maximum absolute atomic E-state index is 14.6. The summed E-state index contributed by atoms with van der Waals surface area (Å²) < 4.78 is 11.7. The molecule has 2 atom stereocenters. The lowest BCUT2D eigenvalue weighted by Crippen LogP contribution is -2.70. The minimum atomic E-state index is -0.891. The number of carbonyl (C=O) groups is 4. The summed E-state index contributed by atoms with van der Waals surface area (Å²) in [5.74, 6) is -0.995. The summed E-state index contributed by atoms with van der Waals surface area (Å²) in [5, 5.41) is 5.03. The van der Waals surface area contributed by atoms with E-state index >= 15 is 0 Å². The average molecular weight is 652 g/mol. The van der Waals surface area contributed by atoms with E-state index in [1.165, 1.54) is 16.7 Å². The molecule has 3 heterocycles. The van der Waals surface area contributed by atoms with Crippen molar-refractivity contribution in [3.05, 3.63) is 130 Å². The Kier molecular flexibility index (Phi) is 9.22. The molecule has 3 amide bonds. The van der Waals surface area contributed by atoms with Crippen LogP contribution < -0.4 is 10.6 Å². The topological polar surface area (TPSA) is 114 Å². The summed E-state index contributed by atoms with van der Waals surface area (Å²) in [4.78, 5) is 55.6. The van der Waals surface area contributed by atoms with E-state index in [9.17, 15) is 19.2 Å². The number of hydrogen-bond donors (Lipinski definition) is 2. The van der Waals surface area contributed by atoms with Gasteiger partial charge >= 0.3 is 12.1 Å². The Morgan fingerprint density at radius 1 is 0.936 bits per heavy atom. The number of rotatable bonds is 8. The molecule has 0 radical (unpaired) electrons. The van der Waals surface area contributed by atoms with E-state index in [2.05, 4.69) is 10.6 Å². The van der Waals surface area contributed by atoms with Crippen molar-refractivity contribution in [1.82, 2.24) is 15.5 Å². The van der Waals surface area contributed by atoms with Gasteiger partial charge in [0, 0.05) is 17.9 Å². The summed E-state index contributed by atoms with van der Waals surface area (Å²) in [6.07, 6.45) is -0.575. The van der Waals surface area contributed by atoms with E-state index in [1.54, 1.807) is 20.8 Å². The number of benzene rings is 3. The largest absolute Gasteiger partial charge is 0.448 e. The van der Waals surface area contributed by atoms with Crippen LogP contribution in [0.4, 0.5) is 4.79 Å². The van der Waals surface area contributed by atoms with E-state index in [-0.39, 0.29) is 11.6 Å². The van der Waals surface area contributed by atoms with E-state index in [4.69, 9.17) is 9.47 Å². The fourth-order valence-corrected chi connectivity index (χ4v) is 7.41. The molecule has 2 saturated heterocycles. The van der Waals surface area contributed by atoms with Gasteiger partial charge in [-0.25, -0.2) is 9.59 Å². The minimum Gasteiger partial charge on any atom is -0.448 e. The lowest BCUT2D eigenvalue weighted by molar-refractivity contribution is -0.153. The number of alkyl carbamates (subject to hydrolysis) is 1. The number of fused-ring (bicyclic) bond motifs is 1. The minimum absolute atomic E-state index is 0.0935. The van der Waals surface area contributed by atoms with Crippen molar-refractivity contribution in [3.8, 4) is 0 Å². The quantitative estimate of drug-likeness (QED) is 0.189. The fraction of sp³-hybridized carbons (Fsp3) is 0.297. The number of nitrogens with zero attached hydrogens (tertiary/aromatic N) is 1. The highest BCUT2D eigenvalue weighted by Crippen LogP contribution is 2.45. The first-order valence-electron chi connectivity index (χ1n) is 15.6. The van der Waals surface area contributed by atoms with Gasteiger partial charge in [0.05, 0.1) is 0 Å². The molecule has 3 aliphatic heterocycles. The predicted molar refractivity (Wildman–Crippen MR) is 179 cm³/mol. The average Bonchev–Trinajstić information content (AvgIpc) is 3.50. The van der Waals surface area contributed by atoms with Crippen molar-refractivity contribution < 1.29 is 28.7 Å². The second kappa shape index (κ2) is 13.5. The fourth-order valence-electron chi connectivity index (χ4n) is 6.03. The molecule has 3 aromatic rings. The van der Waals surface area contributed by atoms with Gasteiger partial charge < -0.3 is 20.1 Å². The zero-order valence-corrected chi connectivity index (χ0v) is 27.3. The SMILES string of the molecule is CC(C)(C)OC(=O)N[C@@H]1C(=O)N2C(C(=O)OC(c3ccccc3)c3ccccc3)=C(C(Cc3ccccc3)=C3CCNC3=O)CS[C@H]12. The summed E-state index contributed by atoms with van der Waals surface area (Å²) in [6.45, 7) is 5.73. The molecule has 242 valence electrons. The van der Waals surface area contributed by atoms with E-state index < -0.39 is 41.1 Å². The van der Waals surface area contributed by atoms with E-state index in [1.807, 2.05) is 91.0 Å². The van der Waals surface area contributed by atoms with Gasteiger partial charge in [-0.15, -0.1) is 11.8 Å². The van der Waals surface area contributed by atoms with Gasteiger partial charge in [-0.2, -0.15) is 0 Å². The Bertz CT molecular complexity index is 1690. The van der Waals surface area contributed by atoms with Crippen LogP contribution in [0.25, 0.3) is 0 Å². The molecule has 3 aliphatic rings. The first kappa shape index (κ1) is 32.1. The third-order valence-corrected chi connectivity index (χ3v) is 9.43. The zero-order valence-electron chi connectivity index (χ0n) is 26.5. The molecule has 0 unspecified atom stereocenters. The van der Waals surface area contributed by atoms with Gasteiger partial charge in [0.15, 0.2) is 6.10 Å². The molecule has 0 aromatic heterocycles.